The van der Waals surface area contributed by atoms with Crippen molar-refractivity contribution in [2.45, 2.75) is 63.6 Å². The molecule has 2 aliphatic rings. The van der Waals surface area contributed by atoms with Crippen molar-refractivity contribution in [2.75, 3.05) is 18.8 Å². The normalized spacial score (nSPS) is 21.0. The number of piperidine rings is 1. The minimum absolute atomic E-state index is 0.0800. The van der Waals surface area contributed by atoms with E-state index in [2.05, 4.69) is 46.1 Å². The van der Waals surface area contributed by atoms with Crippen molar-refractivity contribution in [3.63, 3.8) is 0 Å². The summed E-state index contributed by atoms with van der Waals surface area (Å²) in [6.45, 7) is 3.66. The molecule has 1 amide bonds. The zero-order chi connectivity index (χ0) is 25.1. The molecule has 1 aliphatic heterocycles. The molecule has 1 saturated carbocycles. The van der Waals surface area contributed by atoms with Gasteiger partial charge in [0.15, 0.2) is 5.69 Å². The van der Waals surface area contributed by atoms with Crippen molar-refractivity contribution in [2.24, 2.45) is 0 Å². The predicted molar refractivity (Wildman–Crippen MR) is 139 cm³/mol. The van der Waals surface area contributed by atoms with E-state index < -0.39 is 10.0 Å². The number of nitrogens with one attached hydrogen (secondary N) is 2. The Bertz CT molecular complexity index is 1320. The van der Waals surface area contributed by atoms with E-state index in [0.717, 1.165) is 18.6 Å². The molecule has 0 bridgehead atoms. The summed E-state index contributed by atoms with van der Waals surface area (Å²) in [4.78, 5) is 12.6. The summed E-state index contributed by atoms with van der Waals surface area (Å²) in [5.74, 6) is 1.04. The molecule has 3 aromatic rings. The molecule has 9 heteroatoms. The Labute approximate surface area is 212 Å². The van der Waals surface area contributed by atoms with Crippen LogP contribution in [0.15, 0.2) is 53.1 Å². The van der Waals surface area contributed by atoms with Gasteiger partial charge in [-0.15, -0.1) is 0 Å². The maximum Gasteiger partial charge on any atom is 0.273 e. The molecule has 8 nitrogen and oxygen atoms in total. The summed E-state index contributed by atoms with van der Waals surface area (Å²) in [6, 6.07) is 16.1. The number of rotatable bonds is 10. The average Bonchev–Trinajstić information content (AvgIpc) is 3.59. The monoisotopic (exact) mass is 510 g/mol. The third kappa shape index (κ3) is 5.96. The SMILES string of the molecule is C[C@H]1C[C@@H](NC(=O)c2cc(C3CC3)on2)CCN1S(=O)(=O)CCCNCc1ccc2ccccc2c1. The zero-order valence-electron chi connectivity index (χ0n) is 20.7. The maximum atomic E-state index is 13.0. The number of nitrogens with zero attached hydrogens (tertiary/aromatic N) is 2. The topological polar surface area (TPSA) is 105 Å². The fourth-order valence-corrected chi connectivity index (χ4v) is 6.75. The van der Waals surface area contributed by atoms with Gasteiger partial charge in [-0.1, -0.05) is 41.6 Å². The highest BCUT2D eigenvalue weighted by Crippen LogP contribution is 2.40. The molecule has 5 rings (SSSR count). The Morgan fingerprint density at radius 2 is 1.92 bits per heavy atom. The van der Waals surface area contributed by atoms with E-state index >= 15 is 0 Å². The Morgan fingerprint density at radius 3 is 2.69 bits per heavy atom. The van der Waals surface area contributed by atoms with Gasteiger partial charge < -0.3 is 15.2 Å². The smallest absolute Gasteiger partial charge is 0.273 e. The molecule has 1 saturated heterocycles. The van der Waals surface area contributed by atoms with E-state index in [0.29, 0.717) is 50.5 Å². The van der Waals surface area contributed by atoms with E-state index in [1.165, 1.54) is 16.3 Å². The van der Waals surface area contributed by atoms with Crippen molar-refractivity contribution in [1.82, 2.24) is 20.1 Å². The van der Waals surface area contributed by atoms with Crippen LogP contribution in [0.5, 0.6) is 0 Å². The summed E-state index contributed by atoms with van der Waals surface area (Å²) in [5, 5.41) is 12.7. The van der Waals surface area contributed by atoms with E-state index in [4.69, 9.17) is 4.52 Å². The first-order valence-corrected chi connectivity index (χ1v) is 14.5. The van der Waals surface area contributed by atoms with Crippen molar-refractivity contribution in [3.05, 3.63) is 65.5 Å². The highest BCUT2D eigenvalue weighted by molar-refractivity contribution is 7.89. The molecule has 0 unspecified atom stereocenters. The first kappa shape index (κ1) is 24.9. The number of sulfonamides is 1. The third-order valence-corrected chi connectivity index (χ3v) is 9.21. The molecule has 2 aromatic carbocycles. The van der Waals surface area contributed by atoms with E-state index in [-0.39, 0.29) is 23.7 Å². The van der Waals surface area contributed by atoms with E-state index in [1.807, 2.05) is 19.1 Å². The first-order valence-electron chi connectivity index (χ1n) is 12.8. The summed E-state index contributed by atoms with van der Waals surface area (Å²) < 4.78 is 32.8. The number of hydrogen-bond acceptors (Lipinski definition) is 6. The second-order valence-electron chi connectivity index (χ2n) is 10.1. The summed E-state index contributed by atoms with van der Waals surface area (Å²) in [5.41, 5.74) is 1.49. The Morgan fingerprint density at radius 1 is 1.11 bits per heavy atom. The fraction of sp³-hybridized carbons (Fsp3) is 0.481. The second kappa shape index (κ2) is 10.7. The molecule has 1 aliphatic carbocycles. The second-order valence-corrected chi connectivity index (χ2v) is 12.1. The minimum Gasteiger partial charge on any atom is -0.360 e. The van der Waals surface area contributed by atoms with Crippen LogP contribution in [0.2, 0.25) is 0 Å². The van der Waals surface area contributed by atoms with Crippen molar-refractivity contribution < 1.29 is 17.7 Å². The molecule has 2 N–H and O–H groups in total. The molecule has 192 valence electrons. The average molecular weight is 511 g/mol. The van der Waals surface area contributed by atoms with Crippen LogP contribution in [0.3, 0.4) is 0 Å². The van der Waals surface area contributed by atoms with Gasteiger partial charge in [0.2, 0.25) is 10.0 Å². The number of hydrogen-bond donors (Lipinski definition) is 2. The number of benzene rings is 2. The molecular weight excluding hydrogens is 476 g/mol. The van der Waals surface area contributed by atoms with Gasteiger partial charge in [-0.3, -0.25) is 4.79 Å². The molecule has 2 heterocycles. The standard InChI is InChI=1S/C27H34N4O4S/c1-19-15-24(29-27(32)25-17-26(35-30-25)22-9-10-22)11-13-31(19)36(33,34)14-4-12-28-18-20-7-8-21-5-2-3-6-23(21)16-20/h2-3,5-8,16-17,19,22,24,28H,4,9-15,18H2,1H3,(H,29,32)/t19-,24-/m0/s1. The minimum atomic E-state index is -3.36. The number of carbonyl (C=O) groups is 1. The van der Waals surface area contributed by atoms with Crippen LogP contribution in [-0.2, 0) is 16.6 Å². The van der Waals surface area contributed by atoms with Crippen LogP contribution < -0.4 is 10.6 Å². The van der Waals surface area contributed by atoms with Gasteiger partial charge in [0.25, 0.3) is 5.91 Å². The van der Waals surface area contributed by atoms with E-state index in [1.54, 1.807) is 10.4 Å². The summed E-state index contributed by atoms with van der Waals surface area (Å²) in [7, 11) is -3.36. The predicted octanol–water partition coefficient (Wildman–Crippen LogP) is 3.80. The van der Waals surface area contributed by atoms with Crippen LogP contribution >= 0.6 is 0 Å². The Kier molecular flexibility index (Phi) is 7.41. The maximum absolute atomic E-state index is 13.0. The van der Waals surface area contributed by atoms with Gasteiger partial charge in [0, 0.05) is 37.2 Å². The molecular formula is C27H34N4O4S. The van der Waals surface area contributed by atoms with Gasteiger partial charge in [-0.25, -0.2) is 8.42 Å². The third-order valence-electron chi connectivity index (χ3n) is 7.15. The first-order chi connectivity index (χ1) is 17.4. The van der Waals surface area contributed by atoms with Crippen LogP contribution in [0.4, 0.5) is 0 Å². The molecule has 2 fully saturated rings. The van der Waals surface area contributed by atoms with Crippen LogP contribution in [-0.4, -0.2) is 54.7 Å². The van der Waals surface area contributed by atoms with Gasteiger partial charge in [-0.2, -0.15) is 4.31 Å². The lowest BCUT2D eigenvalue weighted by molar-refractivity contribution is 0.0905. The van der Waals surface area contributed by atoms with E-state index in [9.17, 15) is 13.2 Å². The van der Waals surface area contributed by atoms with Gasteiger partial charge >= 0.3 is 0 Å². The lowest BCUT2D eigenvalue weighted by Gasteiger charge is -2.36. The fourth-order valence-electron chi connectivity index (χ4n) is 4.99. The van der Waals surface area contributed by atoms with Crippen molar-refractivity contribution in [1.29, 1.82) is 0 Å². The lowest BCUT2D eigenvalue weighted by atomic mass is 10.0. The zero-order valence-corrected chi connectivity index (χ0v) is 21.5. The molecule has 2 atom stereocenters. The lowest BCUT2D eigenvalue weighted by Crippen LogP contribution is -2.51. The molecule has 36 heavy (non-hydrogen) atoms. The molecule has 0 radical (unpaired) electrons. The van der Waals surface area contributed by atoms with Crippen molar-refractivity contribution in [3.8, 4) is 0 Å². The number of fused-ring (bicyclic) bond motifs is 1. The highest BCUT2D eigenvalue weighted by Gasteiger charge is 2.34. The van der Waals surface area contributed by atoms with Crippen LogP contribution in [0.1, 0.15) is 66.8 Å². The molecule has 1 aromatic heterocycles. The summed E-state index contributed by atoms with van der Waals surface area (Å²) in [6.07, 6.45) is 3.89. The van der Waals surface area contributed by atoms with Crippen LogP contribution in [0.25, 0.3) is 10.8 Å². The highest BCUT2D eigenvalue weighted by atomic mass is 32.2. The van der Waals surface area contributed by atoms with Gasteiger partial charge in [0.1, 0.15) is 5.76 Å². The Hall–Kier alpha value is -2.75. The number of amides is 1. The quantitative estimate of drug-likeness (QED) is 0.402. The number of aromatic nitrogens is 1. The van der Waals surface area contributed by atoms with Crippen LogP contribution in [0, 0.1) is 0 Å². The van der Waals surface area contributed by atoms with Gasteiger partial charge in [-0.05, 0) is 68.0 Å². The summed E-state index contributed by atoms with van der Waals surface area (Å²) >= 11 is 0. The van der Waals surface area contributed by atoms with Crippen molar-refractivity contribution >= 4 is 26.7 Å². The Balaban J connectivity index is 1.05. The number of carbonyl (C=O) groups excluding carboxylic acids is 1. The van der Waals surface area contributed by atoms with Gasteiger partial charge in [0.05, 0.1) is 5.75 Å². The molecule has 0 spiro atoms. The largest absolute Gasteiger partial charge is 0.360 e.